The lowest BCUT2D eigenvalue weighted by atomic mass is 10.1. The first-order valence-corrected chi connectivity index (χ1v) is 9.03. The molecule has 0 radical (unpaired) electrons. The van der Waals surface area contributed by atoms with E-state index in [-0.39, 0.29) is 5.91 Å². The number of hydrogen-bond acceptors (Lipinski definition) is 4. The number of thiazole rings is 1. The number of benzene rings is 1. The van der Waals surface area contributed by atoms with Gasteiger partial charge in [0.05, 0.1) is 14.1 Å². The first-order valence-electron chi connectivity index (χ1n) is 6.20. The molecule has 0 unspecified atom stereocenters. The van der Waals surface area contributed by atoms with Crippen molar-refractivity contribution in [1.29, 1.82) is 0 Å². The maximum absolute atomic E-state index is 12.1. The largest absolute Gasteiger partial charge is 0.298 e. The highest BCUT2D eigenvalue weighted by molar-refractivity contribution is 14.1. The molecule has 0 spiro atoms. The van der Waals surface area contributed by atoms with Gasteiger partial charge < -0.3 is 0 Å². The number of anilines is 1. The molecule has 3 aromatic rings. The summed E-state index contributed by atoms with van der Waals surface area (Å²) in [5.74, 6) is -0.112. The maximum atomic E-state index is 12.1. The van der Waals surface area contributed by atoms with Crippen molar-refractivity contribution in [3.8, 4) is 11.3 Å². The number of aryl methyl sites for hydroxylation is 1. The number of rotatable bonds is 3. The number of thiophene rings is 1. The average Bonchev–Trinajstić information content (AvgIpc) is 3.09. The molecule has 21 heavy (non-hydrogen) atoms. The summed E-state index contributed by atoms with van der Waals surface area (Å²) >= 11 is 5.20. The second-order valence-corrected chi connectivity index (χ2v) is 8.16. The fourth-order valence-electron chi connectivity index (χ4n) is 1.79. The van der Waals surface area contributed by atoms with Gasteiger partial charge in [-0.2, -0.15) is 0 Å². The van der Waals surface area contributed by atoms with Gasteiger partial charge in [-0.3, -0.25) is 10.1 Å². The van der Waals surface area contributed by atoms with Crippen molar-refractivity contribution in [1.82, 2.24) is 4.98 Å². The summed E-state index contributed by atoms with van der Waals surface area (Å²) in [6, 6.07) is 10.1. The Morgan fingerprint density at radius 3 is 2.62 bits per heavy atom. The van der Waals surface area contributed by atoms with E-state index in [0.717, 1.165) is 14.1 Å². The molecular formula is C15H11IN2OS2. The van der Waals surface area contributed by atoms with E-state index >= 15 is 0 Å². The number of halogens is 1. The van der Waals surface area contributed by atoms with Gasteiger partial charge in [0.25, 0.3) is 5.91 Å². The second-order valence-electron chi connectivity index (χ2n) is 4.50. The molecule has 0 saturated heterocycles. The number of amides is 1. The zero-order valence-electron chi connectivity index (χ0n) is 11.1. The molecule has 6 heteroatoms. The normalized spacial score (nSPS) is 10.6. The van der Waals surface area contributed by atoms with Crippen LogP contribution in [0.2, 0.25) is 0 Å². The minimum Gasteiger partial charge on any atom is -0.298 e. The lowest BCUT2D eigenvalue weighted by Gasteiger charge is -1.99. The third-order valence-corrected chi connectivity index (χ3v) is 5.45. The summed E-state index contributed by atoms with van der Waals surface area (Å²) in [5, 5.41) is 7.28. The van der Waals surface area contributed by atoms with Gasteiger partial charge in [-0.1, -0.05) is 29.8 Å². The summed E-state index contributed by atoms with van der Waals surface area (Å²) < 4.78 is 1.09. The number of nitrogens with zero attached hydrogens (tertiary/aromatic N) is 1. The van der Waals surface area contributed by atoms with Gasteiger partial charge >= 0.3 is 0 Å². The van der Waals surface area contributed by atoms with E-state index in [1.807, 2.05) is 29.0 Å². The van der Waals surface area contributed by atoms with Gasteiger partial charge in [0.1, 0.15) is 0 Å². The molecule has 1 aromatic carbocycles. The lowest BCUT2D eigenvalue weighted by molar-refractivity contribution is 0.102. The molecule has 1 amide bonds. The van der Waals surface area contributed by atoms with Crippen LogP contribution in [0.5, 0.6) is 0 Å². The Balaban J connectivity index is 1.76. The smallest absolute Gasteiger partial charge is 0.258 e. The highest BCUT2D eigenvalue weighted by Crippen LogP contribution is 2.26. The summed E-state index contributed by atoms with van der Waals surface area (Å²) in [6.45, 7) is 2.05. The minimum absolute atomic E-state index is 0.112. The Labute approximate surface area is 144 Å². The predicted octanol–water partition coefficient (Wildman–Crippen LogP) is 5.04. The number of carbonyl (C=O) groups excluding carboxylic acids is 1. The Hall–Kier alpha value is -1.25. The van der Waals surface area contributed by atoms with Crippen molar-refractivity contribution in [2.45, 2.75) is 6.92 Å². The number of aromatic nitrogens is 1. The molecule has 0 saturated carbocycles. The van der Waals surface area contributed by atoms with Crippen LogP contribution in [0.4, 0.5) is 5.13 Å². The molecule has 3 nitrogen and oxygen atoms in total. The van der Waals surface area contributed by atoms with E-state index < -0.39 is 0 Å². The number of hydrogen-bond donors (Lipinski definition) is 1. The van der Waals surface area contributed by atoms with Crippen molar-refractivity contribution in [2.24, 2.45) is 0 Å². The van der Waals surface area contributed by atoms with Gasteiger partial charge in [0, 0.05) is 16.3 Å². The highest BCUT2D eigenvalue weighted by atomic mass is 127. The molecule has 2 heterocycles. The van der Waals surface area contributed by atoms with Crippen molar-refractivity contribution >= 4 is 56.3 Å². The van der Waals surface area contributed by atoms with Gasteiger partial charge in [-0.15, -0.1) is 22.7 Å². The minimum atomic E-state index is -0.112. The standard InChI is InChI=1S/C15H11IN2OS2/c1-9-2-4-10(5-3-9)12-8-21-15(17-12)18-14(19)11-6-13(16)20-7-11/h2-8H,1H3,(H,17,18,19). The lowest BCUT2D eigenvalue weighted by Crippen LogP contribution is -2.10. The molecular weight excluding hydrogens is 415 g/mol. The van der Waals surface area contributed by atoms with E-state index in [0.29, 0.717) is 10.7 Å². The molecule has 106 valence electrons. The highest BCUT2D eigenvalue weighted by Gasteiger charge is 2.11. The summed E-state index contributed by atoms with van der Waals surface area (Å²) in [7, 11) is 0. The third kappa shape index (κ3) is 3.50. The third-order valence-electron chi connectivity index (χ3n) is 2.90. The summed E-state index contributed by atoms with van der Waals surface area (Å²) in [5.41, 5.74) is 3.84. The van der Waals surface area contributed by atoms with E-state index in [9.17, 15) is 4.79 Å². The average molecular weight is 426 g/mol. The Morgan fingerprint density at radius 1 is 1.19 bits per heavy atom. The van der Waals surface area contributed by atoms with Crippen LogP contribution in [0, 0.1) is 9.81 Å². The van der Waals surface area contributed by atoms with Crippen molar-refractivity contribution in [3.63, 3.8) is 0 Å². The first-order chi connectivity index (χ1) is 10.1. The van der Waals surface area contributed by atoms with E-state index in [1.54, 1.807) is 11.3 Å². The van der Waals surface area contributed by atoms with Gasteiger partial charge in [-0.05, 0) is 35.6 Å². The Morgan fingerprint density at radius 2 is 1.95 bits per heavy atom. The zero-order chi connectivity index (χ0) is 14.8. The molecule has 0 aliphatic rings. The van der Waals surface area contributed by atoms with Crippen molar-refractivity contribution in [2.75, 3.05) is 5.32 Å². The molecule has 0 aliphatic heterocycles. The molecule has 2 aromatic heterocycles. The molecule has 0 bridgehead atoms. The predicted molar refractivity (Wildman–Crippen MR) is 97.3 cm³/mol. The summed E-state index contributed by atoms with van der Waals surface area (Å²) in [6.07, 6.45) is 0. The van der Waals surface area contributed by atoms with Gasteiger partial charge in [0.2, 0.25) is 0 Å². The Bertz CT molecular complexity index is 777. The fraction of sp³-hybridized carbons (Fsp3) is 0.0667. The first kappa shape index (κ1) is 14.7. The van der Waals surface area contributed by atoms with Crippen LogP contribution in [0.15, 0.2) is 41.1 Å². The second kappa shape index (κ2) is 6.25. The SMILES string of the molecule is Cc1ccc(-c2csc(NC(=O)c3csc(I)c3)n2)cc1. The van der Waals surface area contributed by atoms with Gasteiger partial charge in [0.15, 0.2) is 5.13 Å². The summed E-state index contributed by atoms with van der Waals surface area (Å²) in [4.78, 5) is 16.5. The van der Waals surface area contributed by atoms with Crippen LogP contribution in [0.1, 0.15) is 15.9 Å². The van der Waals surface area contributed by atoms with Crippen molar-refractivity contribution < 1.29 is 4.79 Å². The van der Waals surface area contributed by atoms with Crippen LogP contribution in [0.25, 0.3) is 11.3 Å². The van der Waals surface area contributed by atoms with Gasteiger partial charge in [-0.25, -0.2) is 4.98 Å². The van der Waals surface area contributed by atoms with E-state index in [2.05, 4.69) is 51.9 Å². The van der Waals surface area contributed by atoms with E-state index in [1.165, 1.54) is 16.9 Å². The fourth-order valence-corrected chi connectivity index (χ4v) is 3.83. The quantitative estimate of drug-likeness (QED) is 0.597. The molecule has 0 fully saturated rings. The molecule has 0 aliphatic carbocycles. The Kier molecular flexibility index (Phi) is 4.37. The van der Waals surface area contributed by atoms with Crippen LogP contribution in [-0.2, 0) is 0 Å². The van der Waals surface area contributed by atoms with Crippen molar-refractivity contribution in [3.05, 3.63) is 55.1 Å². The zero-order valence-corrected chi connectivity index (χ0v) is 14.9. The number of carbonyl (C=O) groups is 1. The molecule has 1 N–H and O–H groups in total. The monoisotopic (exact) mass is 426 g/mol. The maximum Gasteiger partial charge on any atom is 0.258 e. The van der Waals surface area contributed by atoms with Crippen LogP contribution in [0.3, 0.4) is 0 Å². The molecule has 3 rings (SSSR count). The van der Waals surface area contributed by atoms with Crippen LogP contribution < -0.4 is 5.32 Å². The number of nitrogens with one attached hydrogen (secondary N) is 1. The van der Waals surface area contributed by atoms with Crippen LogP contribution >= 0.6 is 45.3 Å². The van der Waals surface area contributed by atoms with Crippen LogP contribution in [-0.4, -0.2) is 10.9 Å². The van der Waals surface area contributed by atoms with E-state index in [4.69, 9.17) is 0 Å². The topological polar surface area (TPSA) is 42.0 Å². The molecule has 0 atom stereocenters.